The molecule has 1 aromatic rings. The van der Waals surface area contributed by atoms with E-state index in [9.17, 15) is 44.9 Å². The molecule has 242 valence electrons. The number of hydrogen-bond acceptors (Lipinski definition) is 13. The number of rotatable bonds is 7. The Morgan fingerprint density at radius 3 is 2.23 bits per heavy atom. The van der Waals surface area contributed by atoms with E-state index >= 15 is 0 Å². The number of amides is 1. The molecule has 8 N–H and O–H groups in total. The highest BCUT2D eigenvalue weighted by Crippen LogP contribution is 2.54. The summed E-state index contributed by atoms with van der Waals surface area (Å²) in [4.78, 5) is 53.5. The molecule has 0 aromatic heterocycles. The van der Waals surface area contributed by atoms with Gasteiger partial charge in [0.2, 0.25) is 11.5 Å². The number of nitrogens with zero attached hydrogens (tertiary/aromatic N) is 3. The SMILES string of the molecule is CCCCN(C)c1cc([N+](=O)[O-])c(O)c2c1CC1CC3[C@H](N(C)C)C(O)=C(C(N)=O)C(=O)[C@@]3(O)C(O)=C1C2=O.O=S(=O)(O)O. The third-order valence-corrected chi connectivity index (χ3v) is 8.13. The van der Waals surface area contributed by atoms with Crippen molar-refractivity contribution in [1.29, 1.82) is 0 Å². The van der Waals surface area contributed by atoms with Gasteiger partial charge in [-0.15, -0.1) is 0 Å². The summed E-state index contributed by atoms with van der Waals surface area (Å²) in [7, 11) is 0.144. The monoisotopic (exact) mass is 642 g/mol. The van der Waals surface area contributed by atoms with Gasteiger partial charge in [-0.25, -0.2) is 0 Å². The van der Waals surface area contributed by atoms with Crippen LogP contribution in [0.25, 0.3) is 0 Å². The van der Waals surface area contributed by atoms with E-state index in [2.05, 4.69) is 0 Å². The molecule has 0 fully saturated rings. The van der Waals surface area contributed by atoms with Crippen LogP contribution in [0.3, 0.4) is 0 Å². The number of hydrogen-bond donors (Lipinski definition) is 7. The first-order valence-corrected chi connectivity index (χ1v) is 14.7. The molecular formula is C26H34N4O13S. The highest BCUT2D eigenvalue weighted by atomic mass is 32.3. The largest absolute Gasteiger partial charge is 0.510 e. The predicted octanol–water partition coefficient (Wildman–Crippen LogP) is 0.612. The number of carbonyl (C=O) groups excluding carboxylic acids is 3. The minimum absolute atomic E-state index is 0.0475. The molecule has 44 heavy (non-hydrogen) atoms. The van der Waals surface area contributed by atoms with Gasteiger partial charge < -0.3 is 31.1 Å². The van der Waals surface area contributed by atoms with Crippen LogP contribution in [-0.2, 0) is 26.4 Å². The Labute approximate surface area is 251 Å². The summed E-state index contributed by atoms with van der Waals surface area (Å²) < 4.78 is 31.6. The predicted molar refractivity (Wildman–Crippen MR) is 153 cm³/mol. The number of phenolic OH excluding ortho intramolecular Hbond substituents is 1. The Bertz CT molecular complexity index is 1590. The van der Waals surface area contributed by atoms with Gasteiger partial charge in [0.15, 0.2) is 11.4 Å². The van der Waals surface area contributed by atoms with E-state index in [4.69, 9.17) is 23.3 Å². The lowest BCUT2D eigenvalue weighted by Gasteiger charge is -2.50. The van der Waals surface area contributed by atoms with Crippen LogP contribution in [-0.4, -0.2) is 105 Å². The van der Waals surface area contributed by atoms with Crippen LogP contribution in [0.1, 0.15) is 42.1 Å². The molecule has 3 aliphatic carbocycles. The number of phenols is 1. The van der Waals surface area contributed by atoms with Crippen LogP contribution in [0.2, 0.25) is 0 Å². The molecule has 4 atom stereocenters. The number of aliphatic hydroxyl groups excluding tert-OH is 2. The van der Waals surface area contributed by atoms with Crippen molar-refractivity contribution in [2.45, 2.75) is 44.2 Å². The average Bonchev–Trinajstić information content (AvgIpc) is 2.88. The number of Topliss-reactive ketones (excluding diaryl/α,β-unsaturated/α-hetero) is 2. The van der Waals surface area contributed by atoms with Gasteiger partial charge in [-0.1, -0.05) is 13.3 Å². The van der Waals surface area contributed by atoms with E-state index in [1.807, 2.05) is 6.92 Å². The zero-order chi connectivity index (χ0) is 33.6. The Kier molecular flexibility index (Phi) is 9.47. The maximum atomic E-state index is 13.9. The van der Waals surface area contributed by atoms with Crippen LogP contribution >= 0.6 is 0 Å². The lowest BCUT2D eigenvalue weighted by atomic mass is 9.58. The van der Waals surface area contributed by atoms with Gasteiger partial charge in [0.1, 0.15) is 17.1 Å². The van der Waals surface area contributed by atoms with Crippen molar-refractivity contribution in [3.05, 3.63) is 50.0 Å². The number of allylic oxidation sites excluding steroid dienone is 1. The lowest BCUT2D eigenvalue weighted by Crippen LogP contribution is -2.63. The molecule has 1 aromatic carbocycles. The second-order valence-corrected chi connectivity index (χ2v) is 12.0. The minimum Gasteiger partial charge on any atom is -0.510 e. The number of unbranched alkanes of at least 4 members (excludes halogenated alkanes) is 1. The molecule has 0 radical (unpaired) electrons. The average molecular weight is 643 g/mol. The molecule has 4 rings (SSSR count). The quantitative estimate of drug-likeness (QED) is 0.0928. The molecule has 2 unspecified atom stereocenters. The topological polar surface area (TPSA) is 282 Å². The van der Waals surface area contributed by atoms with Crippen LogP contribution < -0.4 is 10.6 Å². The van der Waals surface area contributed by atoms with Crippen molar-refractivity contribution in [3.63, 3.8) is 0 Å². The number of ketones is 2. The molecule has 1 amide bonds. The number of nitrogens with two attached hydrogens (primary N) is 1. The van der Waals surface area contributed by atoms with Crippen molar-refractivity contribution >= 4 is 39.2 Å². The zero-order valence-electron chi connectivity index (χ0n) is 24.2. The fraction of sp³-hybridized carbons (Fsp3) is 0.500. The van der Waals surface area contributed by atoms with Crippen molar-refractivity contribution in [2.24, 2.45) is 17.6 Å². The van der Waals surface area contributed by atoms with Gasteiger partial charge in [0.25, 0.3) is 5.91 Å². The van der Waals surface area contributed by atoms with Gasteiger partial charge in [-0.05, 0) is 44.8 Å². The fourth-order valence-electron chi connectivity index (χ4n) is 6.28. The molecule has 18 heteroatoms. The summed E-state index contributed by atoms with van der Waals surface area (Å²) in [5.74, 6) is -8.10. The van der Waals surface area contributed by atoms with Crippen molar-refractivity contribution in [1.82, 2.24) is 4.90 Å². The fourth-order valence-corrected chi connectivity index (χ4v) is 6.28. The van der Waals surface area contributed by atoms with E-state index in [0.717, 1.165) is 12.8 Å². The Morgan fingerprint density at radius 1 is 1.18 bits per heavy atom. The molecule has 0 bridgehead atoms. The minimum atomic E-state index is -4.67. The molecule has 0 saturated carbocycles. The standard InChI is InChI=1S/C26H32N4O9.H2O4S/c1-5-6-7-29(4)14-10-15(30(38)39)20(31)17-12(14)8-11-9-13-19(28(2)3)22(33)18(25(27)36)24(35)26(13,37)23(34)16(11)21(17)32;1-5(2,3)4/h10-11,13,19,31,33-34,37H,5-9H2,1-4H3,(H2,27,36);(H2,1,2,3,4)/t11?,13?,19-,26-;/m0./s1. The summed E-state index contributed by atoms with van der Waals surface area (Å²) >= 11 is 0. The van der Waals surface area contributed by atoms with Crippen molar-refractivity contribution in [2.75, 3.05) is 32.6 Å². The van der Waals surface area contributed by atoms with Gasteiger partial charge in [-0.3, -0.25) is 38.5 Å². The van der Waals surface area contributed by atoms with Gasteiger partial charge in [0.05, 0.1) is 16.5 Å². The van der Waals surface area contributed by atoms with Crippen LogP contribution in [0.4, 0.5) is 11.4 Å². The van der Waals surface area contributed by atoms with E-state index in [-0.39, 0.29) is 24.0 Å². The number of fused-ring (bicyclic) bond motifs is 3. The molecule has 0 heterocycles. The van der Waals surface area contributed by atoms with Crippen LogP contribution in [0.5, 0.6) is 5.75 Å². The highest BCUT2D eigenvalue weighted by molar-refractivity contribution is 7.79. The maximum absolute atomic E-state index is 13.9. The smallest absolute Gasteiger partial charge is 0.394 e. The number of likely N-dealkylation sites (N-methyl/N-ethyl adjacent to an activating group) is 1. The first kappa shape index (κ1) is 34.4. The molecule has 17 nitrogen and oxygen atoms in total. The third kappa shape index (κ3) is 5.85. The van der Waals surface area contributed by atoms with Gasteiger partial charge in [-0.2, -0.15) is 8.42 Å². The van der Waals surface area contributed by atoms with E-state index in [1.165, 1.54) is 11.0 Å². The number of primary amides is 1. The van der Waals surface area contributed by atoms with E-state index in [0.29, 0.717) is 17.8 Å². The van der Waals surface area contributed by atoms with Crippen molar-refractivity contribution < 1.29 is 57.3 Å². The second kappa shape index (κ2) is 12.1. The Hall–Kier alpha value is -4.10. The number of nitro groups is 1. The Balaban J connectivity index is 0.000000978. The number of benzene rings is 1. The van der Waals surface area contributed by atoms with E-state index < -0.39 is 84.8 Å². The first-order chi connectivity index (χ1) is 20.2. The Morgan fingerprint density at radius 2 is 1.75 bits per heavy atom. The lowest BCUT2D eigenvalue weighted by molar-refractivity contribution is -0.385. The highest BCUT2D eigenvalue weighted by Gasteiger charge is 2.63. The molecule has 0 saturated heterocycles. The molecular weight excluding hydrogens is 608 g/mol. The van der Waals surface area contributed by atoms with Crippen molar-refractivity contribution in [3.8, 4) is 5.75 Å². The van der Waals surface area contributed by atoms with E-state index in [1.54, 1.807) is 26.0 Å². The van der Waals surface area contributed by atoms with Gasteiger partial charge in [0, 0.05) is 36.8 Å². The summed E-state index contributed by atoms with van der Waals surface area (Å²) in [6.07, 6.45) is 1.59. The number of aliphatic hydroxyl groups is 3. The number of nitro benzene ring substituents is 1. The molecule has 0 spiro atoms. The third-order valence-electron chi connectivity index (χ3n) is 8.13. The number of anilines is 1. The summed E-state index contributed by atoms with van der Waals surface area (Å²) in [5, 5.41) is 56.5. The van der Waals surface area contributed by atoms with Crippen LogP contribution in [0.15, 0.2) is 28.7 Å². The molecule has 0 aliphatic heterocycles. The normalized spacial score (nSPS) is 24.7. The zero-order valence-corrected chi connectivity index (χ0v) is 25.0. The summed E-state index contributed by atoms with van der Waals surface area (Å²) in [6.45, 7) is 2.50. The van der Waals surface area contributed by atoms with Crippen LogP contribution in [0, 0.1) is 22.0 Å². The van der Waals surface area contributed by atoms with Gasteiger partial charge >= 0.3 is 16.1 Å². The summed E-state index contributed by atoms with van der Waals surface area (Å²) in [6, 6.07) is 0.109. The first-order valence-electron chi connectivity index (χ1n) is 13.3. The number of carbonyl (C=O) groups is 3. The molecule has 3 aliphatic rings. The summed E-state index contributed by atoms with van der Waals surface area (Å²) in [5.41, 5.74) is 0.918. The maximum Gasteiger partial charge on any atom is 0.394 e. The second-order valence-electron chi connectivity index (χ2n) is 11.1. The number of aromatic hydroxyl groups is 1.